The van der Waals surface area contributed by atoms with Crippen molar-refractivity contribution < 1.29 is 30.0 Å². The summed E-state index contributed by atoms with van der Waals surface area (Å²) in [5.74, 6) is 0.0825. The molecule has 158 valence electrons. The third-order valence-corrected chi connectivity index (χ3v) is 3.82. The smallest absolute Gasteiger partial charge is 0.161 e. The number of ketones is 1. The molecule has 0 aliphatic rings. The molecule has 0 aromatic heterocycles. The maximum Gasteiger partial charge on any atom is 0.161 e. The largest absolute Gasteiger partial charge is 0.504 e. The minimum Gasteiger partial charge on any atom is -0.504 e. The number of benzene rings is 2. The van der Waals surface area contributed by atoms with Crippen LogP contribution < -0.4 is 10.1 Å². The van der Waals surface area contributed by atoms with Crippen LogP contribution >= 0.6 is 0 Å². The van der Waals surface area contributed by atoms with Crippen LogP contribution in [0.25, 0.3) is 6.08 Å². The van der Waals surface area contributed by atoms with Crippen LogP contribution in [0.2, 0.25) is 0 Å². The van der Waals surface area contributed by atoms with Crippen molar-refractivity contribution in [1.82, 2.24) is 5.32 Å². The number of methoxy groups -OCH3 is 1. The maximum atomic E-state index is 10.7. The first-order valence-electron chi connectivity index (χ1n) is 9.13. The van der Waals surface area contributed by atoms with Crippen molar-refractivity contribution in [3.05, 3.63) is 53.6 Å². The van der Waals surface area contributed by atoms with E-state index in [-0.39, 0.29) is 23.0 Å². The Labute approximate surface area is 170 Å². The zero-order valence-electron chi connectivity index (χ0n) is 17.1. The van der Waals surface area contributed by atoms with Crippen molar-refractivity contribution in [1.29, 1.82) is 0 Å². The van der Waals surface area contributed by atoms with Gasteiger partial charge in [0.1, 0.15) is 0 Å². The average Bonchev–Trinajstić information content (AvgIpc) is 2.68. The summed E-state index contributed by atoms with van der Waals surface area (Å²) in [6, 6.07) is 9.50. The average molecular weight is 403 g/mol. The Kier molecular flexibility index (Phi) is 9.71. The number of phenolic OH excluding ortho intramolecular Hbond substituents is 3. The van der Waals surface area contributed by atoms with Gasteiger partial charge in [0.2, 0.25) is 0 Å². The van der Waals surface area contributed by atoms with Crippen LogP contribution in [-0.2, 0) is 4.79 Å². The molecular formula is C22H29NO6. The highest BCUT2D eigenvalue weighted by Gasteiger charge is 2.10. The second kappa shape index (κ2) is 11.7. The molecule has 2 rings (SSSR count). The molecule has 0 amide bonds. The van der Waals surface area contributed by atoms with Crippen molar-refractivity contribution in [2.75, 3.05) is 13.7 Å². The van der Waals surface area contributed by atoms with E-state index in [4.69, 9.17) is 9.84 Å². The highest BCUT2D eigenvalue weighted by atomic mass is 16.5. The van der Waals surface area contributed by atoms with Gasteiger partial charge in [-0.15, -0.1) is 0 Å². The number of rotatable bonds is 7. The molecule has 0 aliphatic heterocycles. The Bertz CT molecular complexity index is 832. The number of aliphatic hydroxyl groups is 1. The standard InChI is InChI=1S/C11H17NO3.C11H12O3/c1-7(2)12-6-11(15)8-3-4-9(13)10(14)5-8;1-8(12)3-4-9-5-6-10(13)11(7-9)14-2/h3-5,7,11-15H,6H2,1-2H3;3-7,13H,1-2H3. The molecule has 1 unspecified atom stereocenters. The van der Waals surface area contributed by atoms with Crippen LogP contribution in [0.1, 0.15) is 38.0 Å². The monoisotopic (exact) mass is 403 g/mol. The fraction of sp³-hybridized carbons (Fsp3) is 0.318. The number of hydrogen-bond donors (Lipinski definition) is 5. The summed E-state index contributed by atoms with van der Waals surface area (Å²) in [6.07, 6.45) is 2.45. The van der Waals surface area contributed by atoms with Gasteiger partial charge < -0.3 is 30.5 Å². The Morgan fingerprint density at radius 1 is 1.07 bits per heavy atom. The molecule has 2 aromatic rings. The summed E-state index contributed by atoms with van der Waals surface area (Å²) in [7, 11) is 1.48. The molecule has 0 spiro atoms. The predicted octanol–water partition coefficient (Wildman–Crippen LogP) is 3.13. The zero-order valence-corrected chi connectivity index (χ0v) is 17.1. The van der Waals surface area contributed by atoms with Gasteiger partial charge in [-0.1, -0.05) is 32.1 Å². The summed E-state index contributed by atoms with van der Waals surface area (Å²) in [4.78, 5) is 10.7. The second-order valence-electron chi connectivity index (χ2n) is 6.70. The molecule has 0 heterocycles. The lowest BCUT2D eigenvalue weighted by Crippen LogP contribution is -2.27. The molecule has 7 heteroatoms. The Morgan fingerprint density at radius 3 is 2.28 bits per heavy atom. The van der Waals surface area contributed by atoms with Gasteiger partial charge in [-0.25, -0.2) is 0 Å². The molecule has 0 saturated carbocycles. The normalized spacial score (nSPS) is 11.8. The molecule has 0 fully saturated rings. The summed E-state index contributed by atoms with van der Waals surface area (Å²) in [5.41, 5.74) is 1.40. The zero-order chi connectivity index (χ0) is 22.0. The third-order valence-electron chi connectivity index (χ3n) is 3.82. The number of aliphatic hydroxyl groups excluding tert-OH is 1. The van der Waals surface area contributed by atoms with E-state index in [1.54, 1.807) is 24.3 Å². The first-order chi connectivity index (χ1) is 13.6. The summed E-state index contributed by atoms with van der Waals surface area (Å²) in [5, 5.41) is 40.5. The Hall–Kier alpha value is -3.03. The number of carbonyl (C=O) groups is 1. The molecule has 0 bridgehead atoms. The van der Waals surface area contributed by atoms with Crippen LogP contribution in [0.15, 0.2) is 42.5 Å². The number of aromatic hydroxyl groups is 3. The number of phenols is 3. The quantitative estimate of drug-likeness (QED) is 0.356. The lowest BCUT2D eigenvalue weighted by molar-refractivity contribution is -0.112. The van der Waals surface area contributed by atoms with E-state index in [1.165, 1.54) is 38.3 Å². The number of nitrogens with one attached hydrogen (secondary N) is 1. The minimum atomic E-state index is -0.682. The molecule has 0 radical (unpaired) electrons. The second-order valence-corrected chi connectivity index (χ2v) is 6.70. The fourth-order valence-electron chi connectivity index (χ4n) is 2.22. The number of carbonyl (C=O) groups excluding carboxylic acids is 1. The van der Waals surface area contributed by atoms with E-state index < -0.39 is 6.10 Å². The van der Waals surface area contributed by atoms with Gasteiger partial charge in [-0.05, 0) is 48.4 Å². The van der Waals surface area contributed by atoms with E-state index in [1.807, 2.05) is 13.8 Å². The van der Waals surface area contributed by atoms with E-state index in [9.17, 15) is 20.1 Å². The molecule has 0 saturated heterocycles. The molecular weight excluding hydrogens is 374 g/mol. The minimum absolute atomic E-state index is 0.0166. The van der Waals surface area contributed by atoms with Crippen molar-refractivity contribution in [2.24, 2.45) is 0 Å². The first kappa shape index (κ1) is 24.0. The van der Waals surface area contributed by atoms with Crippen molar-refractivity contribution in [3.8, 4) is 23.0 Å². The van der Waals surface area contributed by atoms with Crippen LogP contribution in [0, 0.1) is 0 Å². The maximum absolute atomic E-state index is 10.7. The van der Waals surface area contributed by atoms with Crippen LogP contribution in [0.4, 0.5) is 0 Å². The molecule has 0 aliphatic carbocycles. The molecule has 2 aromatic carbocycles. The predicted molar refractivity (Wildman–Crippen MR) is 112 cm³/mol. The third kappa shape index (κ3) is 8.68. The van der Waals surface area contributed by atoms with E-state index in [2.05, 4.69) is 5.32 Å². The molecule has 5 N–H and O–H groups in total. The number of ether oxygens (including phenoxy) is 1. The van der Waals surface area contributed by atoms with E-state index >= 15 is 0 Å². The van der Waals surface area contributed by atoms with Gasteiger partial charge >= 0.3 is 0 Å². The van der Waals surface area contributed by atoms with Gasteiger partial charge in [0, 0.05) is 12.6 Å². The topological polar surface area (TPSA) is 119 Å². The number of hydrogen-bond acceptors (Lipinski definition) is 7. The fourth-order valence-corrected chi connectivity index (χ4v) is 2.22. The molecule has 1 atom stereocenters. The van der Waals surface area contributed by atoms with Crippen LogP contribution in [0.5, 0.6) is 23.0 Å². The number of allylic oxidation sites excluding steroid dienone is 1. The van der Waals surface area contributed by atoms with Gasteiger partial charge in [0.05, 0.1) is 13.2 Å². The van der Waals surface area contributed by atoms with E-state index in [0.717, 1.165) is 5.56 Å². The molecule has 29 heavy (non-hydrogen) atoms. The van der Waals surface area contributed by atoms with Gasteiger partial charge in [0.15, 0.2) is 28.8 Å². The van der Waals surface area contributed by atoms with Crippen LogP contribution in [-0.4, -0.2) is 45.9 Å². The van der Waals surface area contributed by atoms with Crippen LogP contribution in [0.3, 0.4) is 0 Å². The summed E-state index contributed by atoms with van der Waals surface area (Å²) in [6.45, 7) is 5.87. The highest BCUT2D eigenvalue weighted by Crippen LogP contribution is 2.28. The Balaban J connectivity index is 0.000000291. The summed E-state index contributed by atoms with van der Waals surface area (Å²) < 4.78 is 4.92. The van der Waals surface area contributed by atoms with Gasteiger partial charge in [0.25, 0.3) is 0 Å². The highest BCUT2D eigenvalue weighted by molar-refractivity contribution is 5.91. The van der Waals surface area contributed by atoms with Crippen molar-refractivity contribution in [3.63, 3.8) is 0 Å². The van der Waals surface area contributed by atoms with E-state index in [0.29, 0.717) is 23.9 Å². The van der Waals surface area contributed by atoms with Crippen molar-refractivity contribution >= 4 is 11.9 Å². The lowest BCUT2D eigenvalue weighted by atomic mass is 10.1. The first-order valence-corrected chi connectivity index (χ1v) is 9.13. The SMILES string of the molecule is CC(C)NCC(O)c1ccc(O)c(O)c1.COc1cc(C=CC(C)=O)ccc1O. The summed E-state index contributed by atoms with van der Waals surface area (Å²) >= 11 is 0. The Morgan fingerprint density at radius 2 is 1.72 bits per heavy atom. The lowest BCUT2D eigenvalue weighted by Gasteiger charge is -2.14. The van der Waals surface area contributed by atoms with Crippen molar-refractivity contribution in [2.45, 2.75) is 32.9 Å². The van der Waals surface area contributed by atoms with Gasteiger partial charge in [-0.3, -0.25) is 4.79 Å². The van der Waals surface area contributed by atoms with Gasteiger partial charge in [-0.2, -0.15) is 0 Å². The molecule has 7 nitrogen and oxygen atoms in total.